The summed E-state index contributed by atoms with van der Waals surface area (Å²) < 4.78 is 4.66. The first kappa shape index (κ1) is 11.9. The van der Waals surface area contributed by atoms with Crippen LogP contribution in [0.5, 0.6) is 0 Å². The molecule has 1 amide bonds. The molecule has 5 nitrogen and oxygen atoms in total. The molecule has 0 radical (unpaired) electrons. The molecule has 1 atom stereocenters. The van der Waals surface area contributed by atoms with E-state index in [1.165, 1.54) is 14.0 Å². The zero-order chi connectivity index (χ0) is 10.3. The second-order valence-electron chi connectivity index (χ2n) is 2.73. The zero-order valence-corrected chi connectivity index (χ0v) is 7.87. The predicted octanol–water partition coefficient (Wildman–Crippen LogP) is -0.706. The van der Waals surface area contributed by atoms with E-state index in [1.54, 1.807) is 0 Å². The van der Waals surface area contributed by atoms with Crippen LogP contribution in [-0.4, -0.2) is 37.2 Å². The summed E-state index contributed by atoms with van der Waals surface area (Å²) in [5.41, 5.74) is 0. The summed E-state index contributed by atoms with van der Waals surface area (Å²) in [4.78, 5) is 21.3. The van der Waals surface area contributed by atoms with Gasteiger partial charge in [0.1, 0.15) is 0 Å². The number of nitrogens with one attached hydrogen (secondary N) is 1. The summed E-state index contributed by atoms with van der Waals surface area (Å²) >= 11 is 0. The maximum Gasteiger partial charge on any atom is 0.302 e. The van der Waals surface area contributed by atoms with Gasteiger partial charge in [-0.1, -0.05) is 0 Å². The number of aliphatic hydroxyl groups excluding tert-OH is 1. The van der Waals surface area contributed by atoms with Crippen molar-refractivity contribution < 1.29 is 19.4 Å². The molecule has 0 spiro atoms. The fourth-order valence-corrected chi connectivity index (χ4v) is 0.776. The number of carbonyl (C=O) groups excluding carboxylic acids is 2. The number of rotatable bonds is 5. The molecule has 76 valence electrons. The van der Waals surface area contributed by atoms with Crippen molar-refractivity contribution in [1.82, 2.24) is 5.32 Å². The smallest absolute Gasteiger partial charge is 0.302 e. The lowest BCUT2D eigenvalue weighted by Gasteiger charge is -2.12. The Hall–Kier alpha value is -1.10. The average Bonchev–Trinajstić information content (AvgIpc) is 2.11. The lowest BCUT2D eigenvalue weighted by molar-refractivity contribution is -0.143. The Bertz CT molecular complexity index is 181. The normalized spacial score (nSPS) is 11.9. The van der Waals surface area contributed by atoms with Gasteiger partial charge in [0.15, 0.2) is 0 Å². The minimum atomic E-state index is -0.407. The van der Waals surface area contributed by atoms with E-state index in [9.17, 15) is 9.59 Å². The van der Waals surface area contributed by atoms with Crippen molar-refractivity contribution in [2.45, 2.75) is 13.3 Å². The molecule has 0 aromatic rings. The third-order valence-electron chi connectivity index (χ3n) is 1.53. The third-order valence-corrected chi connectivity index (χ3v) is 1.53. The number of hydrogen-bond donors (Lipinski definition) is 2. The van der Waals surface area contributed by atoms with Crippen LogP contribution in [0, 0.1) is 5.92 Å². The summed E-state index contributed by atoms with van der Waals surface area (Å²) in [7, 11) is 1.52. The van der Waals surface area contributed by atoms with Crippen molar-refractivity contribution in [1.29, 1.82) is 0 Å². The molecule has 0 unspecified atom stereocenters. The highest BCUT2D eigenvalue weighted by atomic mass is 16.5. The first-order chi connectivity index (χ1) is 6.10. The Morgan fingerprint density at radius 1 is 1.54 bits per heavy atom. The van der Waals surface area contributed by atoms with Gasteiger partial charge in [0.25, 0.3) is 0 Å². The van der Waals surface area contributed by atoms with Gasteiger partial charge in [0.05, 0.1) is 6.61 Å². The lowest BCUT2D eigenvalue weighted by atomic mass is 10.1. The second kappa shape index (κ2) is 6.42. The molecule has 0 aromatic heterocycles. The average molecular weight is 189 g/mol. The van der Waals surface area contributed by atoms with E-state index in [0.29, 0.717) is 0 Å². The first-order valence-electron chi connectivity index (χ1n) is 4.05. The minimum Gasteiger partial charge on any atom is -0.465 e. The lowest BCUT2D eigenvalue weighted by Crippen LogP contribution is -2.26. The van der Waals surface area contributed by atoms with Crippen molar-refractivity contribution in [2.75, 3.05) is 20.3 Å². The van der Waals surface area contributed by atoms with Crippen LogP contribution in [0.25, 0.3) is 0 Å². The molecule has 2 N–H and O–H groups in total. The van der Waals surface area contributed by atoms with E-state index in [4.69, 9.17) is 5.11 Å². The molecule has 5 heteroatoms. The SMILES string of the molecule is CNC(=O)C[C@H](CO)COC(C)=O. The highest BCUT2D eigenvalue weighted by Crippen LogP contribution is 2.02. The number of carbonyl (C=O) groups is 2. The molecule has 0 rings (SSSR count). The van der Waals surface area contributed by atoms with E-state index in [-0.39, 0.29) is 31.5 Å². The van der Waals surface area contributed by atoms with Crippen LogP contribution in [0.3, 0.4) is 0 Å². The van der Waals surface area contributed by atoms with Crippen LogP contribution in [0.2, 0.25) is 0 Å². The Kier molecular flexibility index (Phi) is 5.88. The van der Waals surface area contributed by atoms with Gasteiger partial charge >= 0.3 is 5.97 Å². The standard InChI is InChI=1S/C8H15NO4/c1-6(11)13-5-7(4-10)3-8(12)9-2/h7,10H,3-5H2,1-2H3,(H,9,12)/t7-/m1/s1. The molecule has 0 bridgehead atoms. The van der Waals surface area contributed by atoms with Crippen LogP contribution >= 0.6 is 0 Å². The summed E-state index contributed by atoms with van der Waals surface area (Å²) in [6, 6.07) is 0. The predicted molar refractivity (Wildman–Crippen MR) is 45.9 cm³/mol. The number of hydrogen-bond acceptors (Lipinski definition) is 4. The van der Waals surface area contributed by atoms with Crippen molar-refractivity contribution in [3.05, 3.63) is 0 Å². The number of esters is 1. The summed E-state index contributed by atoms with van der Waals surface area (Å²) in [6.45, 7) is 1.20. The summed E-state index contributed by atoms with van der Waals surface area (Å²) in [5, 5.41) is 11.2. The van der Waals surface area contributed by atoms with Gasteiger partial charge < -0.3 is 15.2 Å². The van der Waals surface area contributed by atoms with Gasteiger partial charge in [-0.15, -0.1) is 0 Å². The molecular weight excluding hydrogens is 174 g/mol. The Balaban J connectivity index is 3.75. The number of aliphatic hydroxyl groups is 1. The van der Waals surface area contributed by atoms with E-state index in [0.717, 1.165) is 0 Å². The highest BCUT2D eigenvalue weighted by molar-refractivity contribution is 5.75. The van der Waals surface area contributed by atoms with Crippen LogP contribution < -0.4 is 5.32 Å². The Labute approximate surface area is 77.1 Å². The van der Waals surface area contributed by atoms with Gasteiger partial charge in [-0.05, 0) is 0 Å². The highest BCUT2D eigenvalue weighted by Gasteiger charge is 2.13. The van der Waals surface area contributed by atoms with Crippen molar-refractivity contribution >= 4 is 11.9 Å². The van der Waals surface area contributed by atoms with Crippen molar-refractivity contribution in [2.24, 2.45) is 5.92 Å². The fraction of sp³-hybridized carbons (Fsp3) is 0.750. The Morgan fingerprint density at radius 3 is 2.54 bits per heavy atom. The summed E-state index contributed by atoms with van der Waals surface area (Å²) in [6.07, 6.45) is 0.167. The largest absolute Gasteiger partial charge is 0.465 e. The summed E-state index contributed by atoms with van der Waals surface area (Å²) in [5.74, 6) is -0.898. The minimum absolute atomic E-state index is 0.0826. The molecule has 0 aromatic carbocycles. The van der Waals surface area contributed by atoms with Crippen LogP contribution in [0.1, 0.15) is 13.3 Å². The molecule has 13 heavy (non-hydrogen) atoms. The Morgan fingerprint density at radius 2 is 2.15 bits per heavy atom. The van der Waals surface area contributed by atoms with E-state index in [2.05, 4.69) is 10.1 Å². The third kappa shape index (κ3) is 6.10. The van der Waals surface area contributed by atoms with Crippen molar-refractivity contribution in [3.63, 3.8) is 0 Å². The maximum atomic E-state index is 10.9. The topological polar surface area (TPSA) is 75.6 Å². The molecule has 0 aliphatic carbocycles. The van der Waals surface area contributed by atoms with E-state index in [1.807, 2.05) is 0 Å². The molecule has 0 heterocycles. The molecule has 0 fully saturated rings. The first-order valence-corrected chi connectivity index (χ1v) is 4.05. The second-order valence-corrected chi connectivity index (χ2v) is 2.73. The van der Waals surface area contributed by atoms with Gasteiger partial charge in [0.2, 0.25) is 5.91 Å². The molecule has 0 aliphatic heterocycles. The zero-order valence-electron chi connectivity index (χ0n) is 7.87. The van der Waals surface area contributed by atoms with Crippen LogP contribution in [0.4, 0.5) is 0 Å². The van der Waals surface area contributed by atoms with Gasteiger partial charge in [-0.3, -0.25) is 9.59 Å². The van der Waals surface area contributed by atoms with Gasteiger partial charge in [0, 0.05) is 32.9 Å². The van der Waals surface area contributed by atoms with Gasteiger partial charge in [-0.2, -0.15) is 0 Å². The van der Waals surface area contributed by atoms with Gasteiger partial charge in [-0.25, -0.2) is 0 Å². The fourth-order valence-electron chi connectivity index (χ4n) is 0.776. The molecular formula is C8H15NO4. The molecule has 0 saturated carbocycles. The number of ether oxygens (including phenoxy) is 1. The maximum absolute atomic E-state index is 10.9. The molecule has 0 aliphatic rings. The van der Waals surface area contributed by atoms with Crippen LogP contribution in [-0.2, 0) is 14.3 Å². The van der Waals surface area contributed by atoms with Crippen molar-refractivity contribution in [3.8, 4) is 0 Å². The quantitative estimate of drug-likeness (QED) is 0.560. The monoisotopic (exact) mass is 189 g/mol. The van der Waals surface area contributed by atoms with E-state index >= 15 is 0 Å². The van der Waals surface area contributed by atoms with E-state index < -0.39 is 5.97 Å². The number of amides is 1. The van der Waals surface area contributed by atoms with Crippen LogP contribution in [0.15, 0.2) is 0 Å². The molecule has 0 saturated heterocycles.